The van der Waals surface area contributed by atoms with Crippen LogP contribution in [0.15, 0.2) is 24.3 Å². The normalized spacial score (nSPS) is 22.7. The standard InChI is InChI=1S/C12H15NO2/c1-12(2)7-9(11(14)15)8-5-3-4-6-10(8)13-12/h3-6,9,13H,7H2,1-2H3,(H,14,15). The van der Waals surface area contributed by atoms with Gasteiger partial charge in [-0.15, -0.1) is 0 Å². The number of carboxylic acid groups (broad SMARTS) is 1. The van der Waals surface area contributed by atoms with Gasteiger partial charge in [-0.1, -0.05) is 18.2 Å². The van der Waals surface area contributed by atoms with Crippen LogP contribution in [-0.4, -0.2) is 16.6 Å². The lowest BCUT2D eigenvalue weighted by atomic mass is 9.81. The summed E-state index contributed by atoms with van der Waals surface area (Å²) in [4.78, 5) is 11.2. The maximum absolute atomic E-state index is 11.2. The first-order chi connectivity index (χ1) is 6.99. The minimum atomic E-state index is -0.739. The molecule has 1 heterocycles. The van der Waals surface area contributed by atoms with Crippen LogP contribution in [0.5, 0.6) is 0 Å². The van der Waals surface area contributed by atoms with E-state index >= 15 is 0 Å². The number of para-hydroxylation sites is 1. The predicted octanol–water partition coefficient (Wildman–Crippen LogP) is 2.45. The molecule has 3 heteroatoms. The first-order valence-electron chi connectivity index (χ1n) is 5.09. The molecular weight excluding hydrogens is 190 g/mol. The van der Waals surface area contributed by atoms with Crippen LogP contribution < -0.4 is 5.32 Å². The monoisotopic (exact) mass is 205 g/mol. The zero-order valence-electron chi connectivity index (χ0n) is 8.95. The molecule has 0 aromatic heterocycles. The van der Waals surface area contributed by atoms with E-state index in [0.29, 0.717) is 6.42 Å². The number of benzene rings is 1. The number of carboxylic acids is 1. The second-order valence-corrected chi connectivity index (χ2v) is 4.69. The maximum atomic E-state index is 11.2. The van der Waals surface area contributed by atoms with Crippen LogP contribution in [0.2, 0.25) is 0 Å². The van der Waals surface area contributed by atoms with E-state index in [1.54, 1.807) is 0 Å². The lowest BCUT2D eigenvalue weighted by molar-refractivity contribution is -0.139. The molecular formula is C12H15NO2. The second kappa shape index (κ2) is 3.26. The van der Waals surface area contributed by atoms with Crippen molar-refractivity contribution in [3.63, 3.8) is 0 Å². The van der Waals surface area contributed by atoms with Crippen LogP contribution in [-0.2, 0) is 4.79 Å². The number of hydrogen-bond acceptors (Lipinski definition) is 2. The highest BCUT2D eigenvalue weighted by atomic mass is 16.4. The third kappa shape index (κ3) is 1.82. The number of hydrogen-bond donors (Lipinski definition) is 2. The molecule has 1 unspecified atom stereocenters. The summed E-state index contributed by atoms with van der Waals surface area (Å²) in [7, 11) is 0. The molecule has 2 rings (SSSR count). The van der Waals surface area contributed by atoms with Crippen LogP contribution >= 0.6 is 0 Å². The summed E-state index contributed by atoms with van der Waals surface area (Å²) in [5.74, 6) is -1.13. The Morgan fingerprint density at radius 2 is 2.13 bits per heavy atom. The fourth-order valence-electron chi connectivity index (χ4n) is 2.17. The van der Waals surface area contributed by atoms with Gasteiger partial charge in [-0.05, 0) is 31.9 Å². The van der Waals surface area contributed by atoms with Crippen LogP contribution in [0.4, 0.5) is 5.69 Å². The van der Waals surface area contributed by atoms with Crippen molar-refractivity contribution >= 4 is 11.7 Å². The van der Waals surface area contributed by atoms with E-state index in [2.05, 4.69) is 5.32 Å². The van der Waals surface area contributed by atoms with E-state index in [-0.39, 0.29) is 5.54 Å². The Morgan fingerprint density at radius 3 is 2.80 bits per heavy atom. The Morgan fingerprint density at radius 1 is 1.47 bits per heavy atom. The van der Waals surface area contributed by atoms with Crippen molar-refractivity contribution in [1.82, 2.24) is 0 Å². The van der Waals surface area contributed by atoms with Crippen LogP contribution in [0.3, 0.4) is 0 Å². The molecule has 1 aliphatic heterocycles. The van der Waals surface area contributed by atoms with E-state index in [0.717, 1.165) is 11.3 Å². The summed E-state index contributed by atoms with van der Waals surface area (Å²) in [5, 5.41) is 12.5. The van der Waals surface area contributed by atoms with Gasteiger partial charge in [0, 0.05) is 11.2 Å². The number of anilines is 1. The summed E-state index contributed by atoms with van der Waals surface area (Å²) in [5.41, 5.74) is 1.68. The summed E-state index contributed by atoms with van der Waals surface area (Å²) in [6, 6.07) is 7.63. The van der Waals surface area contributed by atoms with E-state index in [9.17, 15) is 9.90 Å². The Kier molecular flexibility index (Phi) is 2.18. The van der Waals surface area contributed by atoms with E-state index in [1.165, 1.54) is 0 Å². The highest BCUT2D eigenvalue weighted by molar-refractivity contribution is 5.80. The van der Waals surface area contributed by atoms with Crippen LogP contribution in [0, 0.1) is 0 Å². The zero-order valence-corrected chi connectivity index (χ0v) is 8.95. The lowest BCUT2D eigenvalue weighted by Crippen LogP contribution is -2.39. The number of fused-ring (bicyclic) bond motifs is 1. The molecule has 0 aliphatic carbocycles. The molecule has 15 heavy (non-hydrogen) atoms. The van der Waals surface area contributed by atoms with Crippen molar-refractivity contribution in [2.24, 2.45) is 0 Å². The zero-order chi connectivity index (χ0) is 11.1. The van der Waals surface area contributed by atoms with Gasteiger partial charge in [0.2, 0.25) is 0 Å². The lowest BCUT2D eigenvalue weighted by Gasteiger charge is -2.37. The molecule has 1 aromatic carbocycles. The quantitative estimate of drug-likeness (QED) is 0.740. The van der Waals surface area contributed by atoms with Crippen molar-refractivity contribution in [2.75, 3.05) is 5.32 Å². The van der Waals surface area contributed by atoms with Crippen LogP contribution in [0.25, 0.3) is 0 Å². The second-order valence-electron chi connectivity index (χ2n) is 4.69. The Hall–Kier alpha value is -1.51. The molecule has 0 fully saturated rings. The summed E-state index contributed by atoms with van der Waals surface area (Å²) in [6.45, 7) is 4.05. The summed E-state index contributed by atoms with van der Waals surface area (Å²) >= 11 is 0. The topological polar surface area (TPSA) is 49.3 Å². The molecule has 0 bridgehead atoms. The van der Waals surface area contributed by atoms with E-state index in [4.69, 9.17) is 0 Å². The van der Waals surface area contributed by atoms with E-state index < -0.39 is 11.9 Å². The highest BCUT2D eigenvalue weighted by Crippen LogP contribution is 2.38. The molecule has 0 saturated carbocycles. The van der Waals surface area contributed by atoms with Crippen molar-refractivity contribution < 1.29 is 9.90 Å². The third-order valence-electron chi connectivity index (χ3n) is 2.82. The Labute approximate surface area is 89.1 Å². The first-order valence-corrected chi connectivity index (χ1v) is 5.09. The average molecular weight is 205 g/mol. The van der Waals surface area contributed by atoms with Gasteiger partial charge in [0.25, 0.3) is 0 Å². The molecule has 1 aromatic rings. The van der Waals surface area contributed by atoms with Crippen LogP contribution in [0.1, 0.15) is 31.7 Å². The Balaban J connectivity index is 2.47. The van der Waals surface area contributed by atoms with Gasteiger partial charge < -0.3 is 10.4 Å². The summed E-state index contributed by atoms with van der Waals surface area (Å²) < 4.78 is 0. The number of nitrogens with one attached hydrogen (secondary N) is 1. The molecule has 1 atom stereocenters. The highest BCUT2D eigenvalue weighted by Gasteiger charge is 2.35. The average Bonchev–Trinajstić information content (AvgIpc) is 2.14. The molecule has 3 nitrogen and oxygen atoms in total. The van der Waals surface area contributed by atoms with Crippen molar-refractivity contribution in [2.45, 2.75) is 31.7 Å². The van der Waals surface area contributed by atoms with Gasteiger partial charge in [0.15, 0.2) is 0 Å². The molecule has 1 aliphatic rings. The van der Waals surface area contributed by atoms with Crippen molar-refractivity contribution in [1.29, 1.82) is 0 Å². The van der Waals surface area contributed by atoms with Gasteiger partial charge in [-0.25, -0.2) is 0 Å². The van der Waals surface area contributed by atoms with E-state index in [1.807, 2.05) is 38.1 Å². The molecule has 0 spiro atoms. The molecule has 80 valence electrons. The van der Waals surface area contributed by atoms with Gasteiger partial charge in [-0.3, -0.25) is 4.79 Å². The third-order valence-corrected chi connectivity index (χ3v) is 2.82. The van der Waals surface area contributed by atoms with Gasteiger partial charge >= 0.3 is 5.97 Å². The number of rotatable bonds is 1. The molecule has 2 N–H and O–H groups in total. The van der Waals surface area contributed by atoms with Crippen molar-refractivity contribution in [3.05, 3.63) is 29.8 Å². The predicted molar refractivity (Wildman–Crippen MR) is 59.1 cm³/mol. The van der Waals surface area contributed by atoms with Crippen molar-refractivity contribution in [3.8, 4) is 0 Å². The Bertz CT molecular complexity index is 398. The number of aliphatic carboxylic acids is 1. The largest absolute Gasteiger partial charge is 0.481 e. The molecule has 0 amide bonds. The molecule has 0 radical (unpaired) electrons. The smallest absolute Gasteiger partial charge is 0.311 e. The first kappa shape index (κ1) is 10.0. The SMILES string of the molecule is CC1(C)CC(C(=O)O)c2ccccc2N1. The molecule has 0 saturated heterocycles. The minimum absolute atomic E-state index is 0.155. The van der Waals surface area contributed by atoms with Gasteiger partial charge in [0.1, 0.15) is 0 Å². The fourth-order valence-corrected chi connectivity index (χ4v) is 2.17. The summed E-state index contributed by atoms with van der Waals surface area (Å²) in [6.07, 6.45) is 0.624. The fraction of sp³-hybridized carbons (Fsp3) is 0.417. The minimum Gasteiger partial charge on any atom is -0.481 e. The maximum Gasteiger partial charge on any atom is 0.311 e. The number of carbonyl (C=O) groups is 1. The van der Waals surface area contributed by atoms with Gasteiger partial charge in [-0.2, -0.15) is 0 Å². The van der Waals surface area contributed by atoms with Gasteiger partial charge in [0.05, 0.1) is 5.92 Å².